The SMILES string of the molecule is Cc1cc(C)nc(N2CCN(C(=O)C3CCCN(CC(N)=O)C3)CC2)n1. The molecule has 0 bridgehead atoms. The quantitative estimate of drug-likeness (QED) is 0.808. The third-order valence-electron chi connectivity index (χ3n) is 5.08. The summed E-state index contributed by atoms with van der Waals surface area (Å²) < 4.78 is 0. The second-order valence-electron chi connectivity index (χ2n) is 7.30. The summed E-state index contributed by atoms with van der Waals surface area (Å²) in [6.45, 7) is 8.49. The van der Waals surface area contributed by atoms with Gasteiger partial charge in [0.2, 0.25) is 17.8 Å². The maximum atomic E-state index is 12.9. The van der Waals surface area contributed by atoms with Gasteiger partial charge >= 0.3 is 0 Å². The minimum atomic E-state index is -0.333. The molecule has 2 aliphatic rings. The molecule has 2 amide bonds. The lowest BCUT2D eigenvalue weighted by Gasteiger charge is -2.38. The molecule has 1 atom stereocenters. The molecule has 0 radical (unpaired) electrons. The van der Waals surface area contributed by atoms with Crippen LogP contribution in [-0.4, -0.2) is 77.4 Å². The van der Waals surface area contributed by atoms with Crippen LogP contribution in [0.2, 0.25) is 0 Å². The standard InChI is InChI=1S/C18H28N6O2/c1-13-10-14(2)21-18(20-13)24-8-6-23(7-9-24)17(26)15-4-3-5-22(11-15)12-16(19)25/h10,15H,3-9,11-12H2,1-2H3,(H2,19,25). The first-order valence-corrected chi connectivity index (χ1v) is 9.29. The predicted octanol–water partition coefficient (Wildman–Crippen LogP) is -0.0607. The number of rotatable bonds is 4. The Morgan fingerprint density at radius 2 is 1.77 bits per heavy atom. The molecule has 3 heterocycles. The van der Waals surface area contributed by atoms with Gasteiger partial charge in [-0.25, -0.2) is 9.97 Å². The van der Waals surface area contributed by atoms with Crippen molar-refractivity contribution in [3.63, 3.8) is 0 Å². The van der Waals surface area contributed by atoms with Crippen LogP contribution in [0.15, 0.2) is 6.07 Å². The highest BCUT2D eigenvalue weighted by atomic mass is 16.2. The van der Waals surface area contributed by atoms with Crippen molar-refractivity contribution in [1.82, 2.24) is 19.8 Å². The van der Waals surface area contributed by atoms with Crippen LogP contribution in [0.3, 0.4) is 0 Å². The largest absolute Gasteiger partial charge is 0.369 e. The number of hydrogen-bond donors (Lipinski definition) is 1. The Hall–Kier alpha value is -2.22. The lowest BCUT2D eigenvalue weighted by molar-refractivity contribution is -0.138. The van der Waals surface area contributed by atoms with E-state index < -0.39 is 0 Å². The third kappa shape index (κ3) is 4.49. The number of likely N-dealkylation sites (tertiary alicyclic amines) is 1. The molecular weight excluding hydrogens is 332 g/mol. The zero-order chi connectivity index (χ0) is 18.7. The van der Waals surface area contributed by atoms with Crippen molar-refractivity contribution in [3.05, 3.63) is 17.5 Å². The molecule has 2 N–H and O–H groups in total. The molecule has 142 valence electrons. The Labute approximate surface area is 154 Å². The van der Waals surface area contributed by atoms with Crippen molar-refractivity contribution in [1.29, 1.82) is 0 Å². The maximum absolute atomic E-state index is 12.9. The van der Waals surface area contributed by atoms with Gasteiger partial charge in [-0.15, -0.1) is 0 Å². The number of piperidine rings is 1. The number of nitrogens with zero attached hydrogens (tertiary/aromatic N) is 5. The Bertz CT molecular complexity index is 651. The van der Waals surface area contributed by atoms with Gasteiger partial charge in [-0.05, 0) is 39.3 Å². The van der Waals surface area contributed by atoms with Gasteiger partial charge in [-0.3, -0.25) is 14.5 Å². The van der Waals surface area contributed by atoms with E-state index in [-0.39, 0.29) is 24.3 Å². The van der Waals surface area contributed by atoms with Crippen molar-refractivity contribution in [3.8, 4) is 0 Å². The molecule has 2 aliphatic heterocycles. The van der Waals surface area contributed by atoms with Crippen molar-refractivity contribution in [2.75, 3.05) is 50.7 Å². The smallest absolute Gasteiger partial charge is 0.231 e. The summed E-state index contributed by atoms with van der Waals surface area (Å²) in [6.07, 6.45) is 1.81. The minimum Gasteiger partial charge on any atom is -0.369 e. The van der Waals surface area contributed by atoms with Crippen LogP contribution in [0.25, 0.3) is 0 Å². The summed E-state index contributed by atoms with van der Waals surface area (Å²) in [6, 6.07) is 1.96. The van der Waals surface area contributed by atoms with Crippen molar-refractivity contribution in [2.45, 2.75) is 26.7 Å². The Morgan fingerprint density at radius 1 is 1.12 bits per heavy atom. The molecule has 2 fully saturated rings. The van der Waals surface area contributed by atoms with Crippen molar-refractivity contribution in [2.24, 2.45) is 11.7 Å². The van der Waals surface area contributed by atoms with E-state index in [1.54, 1.807) is 0 Å². The predicted molar refractivity (Wildman–Crippen MR) is 98.7 cm³/mol. The number of hydrogen-bond acceptors (Lipinski definition) is 6. The molecule has 8 heteroatoms. The van der Waals surface area contributed by atoms with E-state index in [1.807, 2.05) is 29.7 Å². The third-order valence-corrected chi connectivity index (χ3v) is 5.08. The van der Waals surface area contributed by atoms with E-state index in [4.69, 9.17) is 5.73 Å². The van der Waals surface area contributed by atoms with Gasteiger partial charge in [0.05, 0.1) is 12.5 Å². The fourth-order valence-corrected chi connectivity index (χ4v) is 3.85. The highest BCUT2D eigenvalue weighted by Crippen LogP contribution is 2.20. The minimum absolute atomic E-state index is 0.0351. The average Bonchev–Trinajstić information content (AvgIpc) is 2.60. The summed E-state index contributed by atoms with van der Waals surface area (Å²) >= 11 is 0. The molecule has 2 saturated heterocycles. The van der Waals surface area contributed by atoms with Gasteiger partial charge in [0.1, 0.15) is 0 Å². The number of amides is 2. The zero-order valence-electron chi connectivity index (χ0n) is 15.6. The van der Waals surface area contributed by atoms with Crippen molar-refractivity contribution < 1.29 is 9.59 Å². The number of primary amides is 1. The number of carbonyl (C=O) groups is 2. The molecule has 1 aromatic heterocycles. The maximum Gasteiger partial charge on any atom is 0.231 e. The highest BCUT2D eigenvalue weighted by Gasteiger charge is 2.31. The van der Waals surface area contributed by atoms with E-state index in [0.717, 1.165) is 49.8 Å². The van der Waals surface area contributed by atoms with Gasteiger partial charge in [-0.2, -0.15) is 0 Å². The number of piperazine rings is 1. The summed E-state index contributed by atoms with van der Waals surface area (Å²) in [4.78, 5) is 39.1. The first-order chi connectivity index (χ1) is 12.4. The number of anilines is 1. The van der Waals surface area contributed by atoms with Crippen LogP contribution in [-0.2, 0) is 9.59 Å². The van der Waals surface area contributed by atoms with Gasteiger partial charge in [0.25, 0.3) is 0 Å². The fourth-order valence-electron chi connectivity index (χ4n) is 3.85. The highest BCUT2D eigenvalue weighted by molar-refractivity contribution is 5.80. The van der Waals surface area contributed by atoms with Gasteiger partial charge in [0.15, 0.2) is 0 Å². The monoisotopic (exact) mass is 360 g/mol. The molecule has 0 aliphatic carbocycles. The first kappa shape index (κ1) is 18.6. The van der Waals surface area contributed by atoms with E-state index in [2.05, 4.69) is 14.9 Å². The molecule has 0 spiro atoms. The zero-order valence-corrected chi connectivity index (χ0v) is 15.6. The summed E-state index contributed by atoms with van der Waals surface area (Å²) in [5, 5.41) is 0. The number of carbonyl (C=O) groups excluding carboxylic acids is 2. The van der Waals surface area contributed by atoms with E-state index in [1.165, 1.54) is 0 Å². The van der Waals surface area contributed by atoms with Gasteiger partial charge in [0, 0.05) is 44.1 Å². The number of nitrogens with two attached hydrogens (primary N) is 1. The topological polar surface area (TPSA) is 95.7 Å². The molecule has 1 unspecified atom stereocenters. The molecule has 0 aromatic carbocycles. The molecular formula is C18H28N6O2. The molecule has 8 nitrogen and oxygen atoms in total. The van der Waals surface area contributed by atoms with Crippen LogP contribution >= 0.6 is 0 Å². The Morgan fingerprint density at radius 3 is 2.38 bits per heavy atom. The van der Waals surface area contributed by atoms with E-state index in [9.17, 15) is 9.59 Å². The normalized spacial score (nSPS) is 21.7. The number of aryl methyl sites for hydroxylation is 2. The second kappa shape index (κ2) is 7.99. The fraction of sp³-hybridized carbons (Fsp3) is 0.667. The van der Waals surface area contributed by atoms with E-state index in [0.29, 0.717) is 19.6 Å². The Balaban J connectivity index is 1.55. The summed E-state index contributed by atoms with van der Waals surface area (Å²) in [5.74, 6) is 0.576. The van der Waals surface area contributed by atoms with Crippen LogP contribution in [0.4, 0.5) is 5.95 Å². The Kier molecular flexibility index (Phi) is 5.70. The molecule has 1 aromatic rings. The summed E-state index contributed by atoms with van der Waals surface area (Å²) in [5.41, 5.74) is 7.21. The van der Waals surface area contributed by atoms with E-state index >= 15 is 0 Å². The molecule has 0 saturated carbocycles. The van der Waals surface area contributed by atoms with Crippen LogP contribution in [0.5, 0.6) is 0 Å². The van der Waals surface area contributed by atoms with Crippen LogP contribution in [0, 0.1) is 19.8 Å². The lowest BCUT2D eigenvalue weighted by atomic mass is 9.96. The molecule has 26 heavy (non-hydrogen) atoms. The summed E-state index contributed by atoms with van der Waals surface area (Å²) in [7, 11) is 0. The average molecular weight is 360 g/mol. The second-order valence-corrected chi connectivity index (χ2v) is 7.30. The molecule has 3 rings (SSSR count). The lowest BCUT2D eigenvalue weighted by Crippen LogP contribution is -2.53. The first-order valence-electron chi connectivity index (χ1n) is 9.29. The van der Waals surface area contributed by atoms with Crippen molar-refractivity contribution >= 4 is 17.8 Å². The van der Waals surface area contributed by atoms with Crippen LogP contribution < -0.4 is 10.6 Å². The van der Waals surface area contributed by atoms with Gasteiger partial charge < -0.3 is 15.5 Å². The van der Waals surface area contributed by atoms with Crippen LogP contribution in [0.1, 0.15) is 24.2 Å². The van der Waals surface area contributed by atoms with Gasteiger partial charge in [-0.1, -0.05) is 0 Å². The number of aromatic nitrogens is 2.